The summed E-state index contributed by atoms with van der Waals surface area (Å²) < 4.78 is 63.4. The summed E-state index contributed by atoms with van der Waals surface area (Å²) in [5.74, 6) is -0.942. The average Bonchev–Trinajstić information content (AvgIpc) is 2.64. The summed E-state index contributed by atoms with van der Waals surface area (Å²) in [6, 6.07) is 13.1. The number of benzene rings is 2. The highest BCUT2D eigenvalue weighted by Gasteiger charge is 2.28. The molecule has 1 amide bonds. The summed E-state index contributed by atoms with van der Waals surface area (Å²) >= 11 is 0. The first-order chi connectivity index (χ1) is 12.6. The molecule has 2 rings (SSSR count). The monoisotopic (exact) mass is 398 g/mol. The first kappa shape index (κ1) is 20.5. The van der Waals surface area contributed by atoms with E-state index < -0.39 is 28.7 Å². The molecule has 0 bridgehead atoms. The van der Waals surface area contributed by atoms with E-state index in [1.54, 1.807) is 35.6 Å². The third kappa shape index (κ3) is 5.33. The Morgan fingerprint density at radius 3 is 2.19 bits per heavy atom. The highest BCUT2D eigenvalue weighted by atomic mass is 32.2. The molecular weight excluding hydrogens is 381 g/mol. The van der Waals surface area contributed by atoms with E-state index in [9.17, 15) is 26.4 Å². The number of nitrogens with one attached hydrogen (secondary N) is 1. The zero-order chi connectivity index (χ0) is 20.1. The lowest BCUT2D eigenvalue weighted by Gasteiger charge is -2.23. The third-order valence-electron chi connectivity index (χ3n) is 3.49. The van der Waals surface area contributed by atoms with Crippen molar-refractivity contribution in [3.8, 4) is 0 Å². The number of sulfonamides is 1. The molecule has 0 spiro atoms. The van der Waals surface area contributed by atoms with Crippen molar-refractivity contribution in [1.82, 2.24) is 5.32 Å². The van der Waals surface area contributed by atoms with Crippen molar-refractivity contribution in [2.75, 3.05) is 17.4 Å². The SMILES string of the molecule is C=CCN(c1ccccc1)S(=O)(=O)c1ccc(C(=O)NCC(F)(F)F)cc1. The van der Waals surface area contributed by atoms with Gasteiger partial charge in [-0.25, -0.2) is 8.42 Å². The summed E-state index contributed by atoms with van der Waals surface area (Å²) in [5.41, 5.74) is 0.359. The Labute approximate surface area is 155 Å². The van der Waals surface area contributed by atoms with E-state index >= 15 is 0 Å². The molecule has 0 aromatic heterocycles. The lowest BCUT2D eigenvalue weighted by Crippen LogP contribution is -2.34. The molecule has 0 fully saturated rings. The van der Waals surface area contributed by atoms with Crippen LogP contribution >= 0.6 is 0 Å². The Balaban J connectivity index is 2.25. The second kappa shape index (κ2) is 8.26. The first-order valence-corrected chi connectivity index (χ1v) is 9.23. The van der Waals surface area contributed by atoms with E-state index in [0.29, 0.717) is 5.69 Å². The summed E-state index contributed by atoms with van der Waals surface area (Å²) in [7, 11) is -3.94. The number of carbonyl (C=O) groups is 1. The molecule has 0 aliphatic heterocycles. The van der Waals surface area contributed by atoms with Crippen LogP contribution in [0.1, 0.15) is 10.4 Å². The zero-order valence-electron chi connectivity index (χ0n) is 14.1. The van der Waals surface area contributed by atoms with Gasteiger partial charge in [-0.15, -0.1) is 6.58 Å². The van der Waals surface area contributed by atoms with Crippen molar-refractivity contribution in [2.24, 2.45) is 0 Å². The molecule has 5 nitrogen and oxygen atoms in total. The van der Waals surface area contributed by atoms with E-state index in [2.05, 4.69) is 6.58 Å². The molecule has 2 aromatic carbocycles. The number of hydrogen-bond donors (Lipinski definition) is 1. The Morgan fingerprint density at radius 1 is 1.07 bits per heavy atom. The Morgan fingerprint density at radius 2 is 1.67 bits per heavy atom. The van der Waals surface area contributed by atoms with Gasteiger partial charge in [0.2, 0.25) is 0 Å². The van der Waals surface area contributed by atoms with E-state index in [-0.39, 0.29) is 17.0 Å². The molecule has 0 aliphatic rings. The Bertz CT molecular complexity index is 896. The molecule has 0 heterocycles. The smallest absolute Gasteiger partial charge is 0.343 e. The summed E-state index contributed by atoms with van der Waals surface area (Å²) in [6.45, 7) is 2.12. The van der Waals surface area contributed by atoms with Gasteiger partial charge >= 0.3 is 6.18 Å². The van der Waals surface area contributed by atoms with Crippen LogP contribution in [0.4, 0.5) is 18.9 Å². The predicted octanol–water partition coefficient (Wildman–Crippen LogP) is 3.36. The first-order valence-electron chi connectivity index (χ1n) is 7.79. The maximum absolute atomic E-state index is 12.9. The molecule has 0 radical (unpaired) electrons. The average molecular weight is 398 g/mol. The number of hydrogen-bond acceptors (Lipinski definition) is 3. The Kier molecular flexibility index (Phi) is 6.27. The van der Waals surface area contributed by atoms with Crippen LogP contribution in [-0.2, 0) is 10.0 Å². The molecule has 9 heteroatoms. The van der Waals surface area contributed by atoms with Crippen molar-refractivity contribution >= 4 is 21.6 Å². The van der Waals surface area contributed by atoms with Crippen molar-refractivity contribution in [2.45, 2.75) is 11.1 Å². The summed E-state index contributed by atoms with van der Waals surface area (Å²) in [5, 5.41) is 1.73. The fourth-order valence-electron chi connectivity index (χ4n) is 2.24. The van der Waals surface area contributed by atoms with Crippen LogP contribution < -0.4 is 9.62 Å². The molecular formula is C18H17F3N2O3S. The van der Waals surface area contributed by atoms with Crippen LogP contribution in [-0.4, -0.2) is 33.6 Å². The van der Waals surface area contributed by atoms with Crippen LogP contribution in [0, 0.1) is 0 Å². The highest BCUT2D eigenvalue weighted by Crippen LogP contribution is 2.23. The fourth-order valence-corrected chi connectivity index (χ4v) is 3.68. The van der Waals surface area contributed by atoms with E-state index in [4.69, 9.17) is 0 Å². The predicted molar refractivity (Wildman–Crippen MR) is 96.0 cm³/mol. The second-order valence-electron chi connectivity index (χ2n) is 5.48. The summed E-state index contributed by atoms with van der Waals surface area (Å²) in [6.07, 6.45) is -3.09. The third-order valence-corrected chi connectivity index (χ3v) is 5.30. The molecule has 0 unspecified atom stereocenters. The van der Waals surface area contributed by atoms with Crippen molar-refractivity contribution in [3.63, 3.8) is 0 Å². The largest absolute Gasteiger partial charge is 0.405 e. The van der Waals surface area contributed by atoms with Gasteiger partial charge < -0.3 is 5.32 Å². The molecule has 2 aromatic rings. The lowest BCUT2D eigenvalue weighted by atomic mass is 10.2. The van der Waals surface area contributed by atoms with E-state index in [1.807, 2.05) is 0 Å². The number of amides is 1. The quantitative estimate of drug-likeness (QED) is 0.728. The minimum absolute atomic E-state index is 0.0279. The van der Waals surface area contributed by atoms with Crippen LogP contribution in [0.25, 0.3) is 0 Å². The number of carbonyl (C=O) groups excluding carboxylic acids is 1. The number of nitrogens with zero attached hydrogens (tertiary/aromatic N) is 1. The zero-order valence-corrected chi connectivity index (χ0v) is 14.9. The van der Waals surface area contributed by atoms with Gasteiger partial charge in [0, 0.05) is 5.56 Å². The van der Waals surface area contributed by atoms with Crippen molar-refractivity contribution in [1.29, 1.82) is 0 Å². The second-order valence-corrected chi connectivity index (χ2v) is 7.34. The molecule has 27 heavy (non-hydrogen) atoms. The fraction of sp³-hybridized carbons (Fsp3) is 0.167. The molecule has 144 valence electrons. The number of halogens is 3. The molecule has 1 N–H and O–H groups in total. The molecule has 0 aliphatic carbocycles. The van der Waals surface area contributed by atoms with Gasteiger partial charge in [0.15, 0.2) is 0 Å². The summed E-state index contributed by atoms with van der Waals surface area (Å²) in [4.78, 5) is 11.6. The van der Waals surface area contributed by atoms with Crippen LogP contribution in [0.5, 0.6) is 0 Å². The highest BCUT2D eigenvalue weighted by molar-refractivity contribution is 7.92. The number of anilines is 1. The van der Waals surface area contributed by atoms with Gasteiger partial charge in [0.25, 0.3) is 15.9 Å². The molecule has 0 saturated heterocycles. The standard InChI is InChI=1S/C18H17F3N2O3S/c1-2-12-23(15-6-4-3-5-7-15)27(25,26)16-10-8-14(9-11-16)17(24)22-13-18(19,20)21/h2-11H,1,12-13H2,(H,22,24). The van der Waals surface area contributed by atoms with Gasteiger partial charge in [0.1, 0.15) is 6.54 Å². The minimum atomic E-state index is -4.53. The van der Waals surface area contributed by atoms with Crippen molar-refractivity contribution in [3.05, 3.63) is 72.8 Å². The molecule has 0 atom stereocenters. The lowest BCUT2D eigenvalue weighted by molar-refractivity contribution is -0.123. The van der Waals surface area contributed by atoms with Crippen LogP contribution in [0.15, 0.2) is 72.1 Å². The Hall–Kier alpha value is -2.81. The number of para-hydroxylation sites is 1. The maximum Gasteiger partial charge on any atom is 0.405 e. The van der Waals surface area contributed by atoms with Gasteiger partial charge in [-0.2, -0.15) is 13.2 Å². The topological polar surface area (TPSA) is 66.5 Å². The van der Waals surface area contributed by atoms with Gasteiger partial charge in [-0.3, -0.25) is 9.10 Å². The number of alkyl halides is 3. The molecule has 0 saturated carbocycles. The van der Waals surface area contributed by atoms with Crippen LogP contribution in [0.3, 0.4) is 0 Å². The van der Waals surface area contributed by atoms with Gasteiger partial charge in [-0.05, 0) is 36.4 Å². The van der Waals surface area contributed by atoms with Crippen molar-refractivity contribution < 1.29 is 26.4 Å². The van der Waals surface area contributed by atoms with Crippen LogP contribution in [0.2, 0.25) is 0 Å². The van der Waals surface area contributed by atoms with E-state index in [0.717, 1.165) is 16.4 Å². The maximum atomic E-state index is 12.9. The van der Waals surface area contributed by atoms with Gasteiger partial charge in [-0.1, -0.05) is 24.3 Å². The number of rotatable bonds is 7. The normalized spacial score (nSPS) is 11.7. The van der Waals surface area contributed by atoms with Gasteiger partial charge in [0.05, 0.1) is 17.1 Å². The van der Waals surface area contributed by atoms with E-state index in [1.165, 1.54) is 18.2 Å². The minimum Gasteiger partial charge on any atom is -0.343 e.